The van der Waals surface area contributed by atoms with Gasteiger partial charge < -0.3 is 28.4 Å². The summed E-state index contributed by atoms with van der Waals surface area (Å²) < 4.78 is 39.2. The first-order valence-electron chi connectivity index (χ1n) is 40.9. The first kappa shape index (κ1) is 83.3. The lowest BCUT2D eigenvalue weighted by Gasteiger charge is -2.12. The van der Waals surface area contributed by atoms with Gasteiger partial charge in [0.15, 0.2) is 0 Å². The second kappa shape index (κ2) is 59.9. The van der Waals surface area contributed by atoms with Crippen LogP contribution >= 0.6 is 0 Å². The summed E-state index contributed by atoms with van der Waals surface area (Å²) in [5.41, 5.74) is 6.53. The number of benzene rings is 4. The van der Waals surface area contributed by atoms with Gasteiger partial charge in [-0.1, -0.05) is 348 Å². The molecule has 540 valence electrons. The third kappa shape index (κ3) is 44.7. The molecule has 0 bridgehead atoms. The van der Waals surface area contributed by atoms with Crippen molar-refractivity contribution in [1.82, 2.24) is 0 Å². The van der Waals surface area contributed by atoms with E-state index >= 15 is 0 Å². The molecule has 0 atom stereocenters. The topological polar surface area (TPSA) is 55.4 Å². The molecule has 0 aliphatic carbocycles. The zero-order valence-corrected chi connectivity index (χ0v) is 63.0. The summed E-state index contributed by atoms with van der Waals surface area (Å²) in [6, 6.07) is 26.3. The Labute approximate surface area is 591 Å². The van der Waals surface area contributed by atoms with Crippen molar-refractivity contribution in [1.29, 1.82) is 0 Å². The van der Waals surface area contributed by atoms with Gasteiger partial charge in [-0.2, -0.15) is 0 Å². The number of ether oxygens (including phenoxy) is 6. The molecule has 4 aromatic carbocycles. The maximum atomic E-state index is 6.54. The van der Waals surface area contributed by atoms with Crippen LogP contribution in [0.25, 0.3) is 36.5 Å². The first-order chi connectivity index (χ1) is 47.4. The van der Waals surface area contributed by atoms with E-state index in [1.54, 1.807) is 0 Å². The lowest BCUT2D eigenvalue weighted by atomic mass is 10.0. The Morgan fingerprint density at radius 1 is 0.156 bits per heavy atom. The van der Waals surface area contributed by atoms with Crippen LogP contribution in [0, 0.1) is 0 Å². The molecule has 4 aromatic rings. The van der Waals surface area contributed by atoms with Gasteiger partial charge in [-0.15, -0.1) is 0 Å². The largest absolute Gasteiger partial charge is 0.493 e. The third-order valence-corrected chi connectivity index (χ3v) is 18.7. The van der Waals surface area contributed by atoms with Crippen molar-refractivity contribution in [3.63, 3.8) is 0 Å². The summed E-state index contributed by atoms with van der Waals surface area (Å²) in [5, 5.41) is 0. The smallest absolute Gasteiger partial charge is 0.123 e. The molecule has 0 aliphatic rings. The van der Waals surface area contributed by atoms with Gasteiger partial charge in [-0.05, 0) is 127 Å². The Balaban J connectivity index is 1.68. The summed E-state index contributed by atoms with van der Waals surface area (Å²) in [5.74, 6) is 5.26. The fourth-order valence-corrected chi connectivity index (χ4v) is 12.7. The van der Waals surface area contributed by atoms with Crippen molar-refractivity contribution in [3.8, 4) is 34.5 Å². The molecule has 6 nitrogen and oxygen atoms in total. The molecule has 0 aliphatic heterocycles. The Hall–Kier alpha value is -5.10. The van der Waals surface area contributed by atoms with Crippen LogP contribution in [0.15, 0.2) is 72.8 Å². The number of rotatable bonds is 66. The van der Waals surface area contributed by atoms with Crippen molar-refractivity contribution >= 4 is 36.5 Å². The molecule has 0 saturated carbocycles. The molecule has 6 heteroatoms. The molecule has 96 heavy (non-hydrogen) atoms. The van der Waals surface area contributed by atoms with Gasteiger partial charge in [0.2, 0.25) is 0 Å². The molecule has 0 radical (unpaired) electrons. The summed E-state index contributed by atoms with van der Waals surface area (Å²) in [6.07, 6.45) is 74.6. The third-order valence-electron chi connectivity index (χ3n) is 18.7. The molecule has 4 rings (SSSR count). The van der Waals surface area contributed by atoms with E-state index in [1.165, 1.54) is 270 Å². The van der Waals surface area contributed by atoms with Crippen LogP contribution in [0.1, 0.15) is 383 Å². The fraction of sp³-hybridized carbons (Fsp3) is 0.667. The molecule has 0 unspecified atom stereocenters. The SMILES string of the molecule is CCCCCCCCCCOc1cc(/C=C/c2cc(/C=C/c3cc(OCCCCCCCCCC)cc(OCCCCCCCCCC)c3)cc(/C=C/c3cc(OCCCCCCCCCC)cc(OCCCCCCCCCC)c3)c2)cc(OCCCCCCCCCC)c1. The molecule has 0 saturated heterocycles. The predicted octanol–water partition coefficient (Wildman–Crippen LogP) is 29.3. The predicted molar refractivity (Wildman–Crippen MR) is 421 cm³/mol. The van der Waals surface area contributed by atoms with E-state index < -0.39 is 0 Å². The Kier molecular flexibility index (Phi) is 52.0. The van der Waals surface area contributed by atoms with Crippen molar-refractivity contribution in [2.75, 3.05) is 39.6 Å². The molecular weight excluding hydrogens is 1180 g/mol. The first-order valence-corrected chi connectivity index (χ1v) is 40.9. The van der Waals surface area contributed by atoms with Crippen molar-refractivity contribution < 1.29 is 28.4 Å². The van der Waals surface area contributed by atoms with Crippen LogP contribution in [0.2, 0.25) is 0 Å². The van der Waals surface area contributed by atoms with Crippen LogP contribution in [-0.2, 0) is 0 Å². The number of hydrogen-bond acceptors (Lipinski definition) is 6. The fourth-order valence-electron chi connectivity index (χ4n) is 12.7. The highest BCUT2D eigenvalue weighted by atomic mass is 16.5. The van der Waals surface area contributed by atoms with Gasteiger partial charge in [-0.25, -0.2) is 0 Å². The van der Waals surface area contributed by atoms with E-state index in [1.807, 2.05) is 0 Å². The summed E-state index contributed by atoms with van der Waals surface area (Å²) in [6.45, 7) is 18.0. The minimum atomic E-state index is 0.714. The second-order valence-electron chi connectivity index (χ2n) is 28.1. The highest BCUT2D eigenvalue weighted by Gasteiger charge is 2.09. The monoisotopic (exact) mass is 1320 g/mol. The number of hydrogen-bond donors (Lipinski definition) is 0. The van der Waals surface area contributed by atoms with Crippen molar-refractivity contribution in [2.45, 2.75) is 350 Å². The zero-order valence-electron chi connectivity index (χ0n) is 63.0. The van der Waals surface area contributed by atoms with Gasteiger partial charge in [0.05, 0.1) is 39.6 Å². The van der Waals surface area contributed by atoms with E-state index in [-0.39, 0.29) is 0 Å². The van der Waals surface area contributed by atoms with Crippen LogP contribution in [0.3, 0.4) is 0 Å². The van der Waals surface area contributed by atoms with Gasteiger partial charge >= 0.3 is 0 Å². The highest BCUT2D eigenvalue weighted by Crippen LogP contribution is 2.31. The molecule has 0 N–H and O–H groups in total. The van der Waals surface area contributed by atoms with Crippen molar-refractivity contribution in [2.24, 2.45) is 0 Å². The molecule has 0 spiro atoms. The van der Waals surface area contributed by atoms with Gasteiger partial charge in [0.1, 0.15) is 34.5 Å². The van der Waals surface area contributed by atoms with Gasteiger partial charge in [-0.3, -0.25) is 0 Å². The minimum Gasteiger partial charge on any atom is -0.493 e. The van der Waals surface area contributed by atoms with Crippen LogP contribution in [0.5, 0.6) is 34.5 Å². The lowest BCUT2D eigenvalue weighted by Crippen LogP contribution is -2.01. The summed E-state index contributed by atoms with van der Waals surface area (Å²) in [7, 11) is 0. The Morgan fingerprint density at radius 2 is 0.281 bits per heavy atom. The maximum Gasteiger partial charge on any atom is 0.123 e. The zero-order chi connectivity index (χ0) is 68.1. The minimum absolute atomic E-state index is 0.714. The van der Waals surface area contributed by atoms with E-state index in [2.05, 4.69) is 151 Å². The van der Waals surface area contributed by atoms with Gasteiger partial charge in [0.25, 0.3) is 0 Å². The van der Waals surface area contributed by atoms with Crippen LogP contribution in [0.4, 0.5) is 0 Å². The normalized spacial score (nSPS) is 11.7. The number of unbranched alkanes of at least 4 members (excludes halogenated alkanes) is 42. The second-order valence-corrected chi connectivity index (χ2v) is 28.1. The molecule has 0 fully saturated rings. The van der Waals surface area contributed by atoms with Crippen LogP contribution in [-0.4, -0.2) is 39.6 Å². The van der Waals surface area contributed by atoms with Crippen molar-refractivity contribution in [3.05, 3.63) is 106 Å². The van der Waals surface area contributed by atoms with E-state index in [0.29, 0.717) is 39.6 Å². The standard InChI is InChI=1S/C90H144O6/c1-7-13-19-25-31-37-43-49-61-91-85-70-82(71-86(76-85)92-62-50-44-38-32-26-20-14-8-2)58-55-79-67-80(56-59-83-72-87(93-63-51-45-39-33-27-21-15-9-3)77-88(73-83)94-64-52-46-40-34-28-22-16-10-4)69-81(68-79)57-60-84-74-89(95-65-53-47-41-35-29-23-17-11-5)78-90(75-84)96-66-54-48-42-36-30-24-18-12-6/h55-60,67-78H,7-54,61-66H2,1-6H3/b58-55+,59-56+,60-57+. The Bertz CT molecular complexity index is 2130. The molecule has 0 amide bonds. The Morgan fingerprint density at radius 3 is 0.427 bits per heavy atom. The summed E-state index contributed by atoms with van der Waals surface area (Å²) in [4.78, 5) is 0. The molecule has 0 heterocycles. The molecule has 0 aromatic heterocycles. The highest BCUT2D eigenvalue weighted by molar-refractivity contribution is 5.79. The van der Waals surface area contributed by atoms with E-state index in [9.17, 15) is 0 Å². The van der Waals surface area contributed by atoms with E-state index in [0.717, 1.165) is 106 Å². The average molecular weight is 1320 g/mol. The van der Waals surface area contributed by atoms with Crippen LogP contribution < -0.4 is 28.4 Å². The average Bonchev–Trinajstić information content (AvgIpc) is 1.07. The summed E-state index contributed by atoms with van der Waals surface area (Å²) >= 11 is 0. The quantitative estimate of drug-likeness (QED) is 0.0324. The van der Waals surface area contributed by atoms with E-state index in [4.69, 9.17) is 28.4 Å². The maximum absolute atomic E-state index is 6.54. The molecular formula is C90H144O6. The van der Waals surface area contributed by atoms with Gasteiger partial charge in [0, 0.05) is 18.2 Å². The lowest BCUT2D eigenvalue weighted by molar-refractivity contribution is 0.289.